The van der Waals surface area contributed by atoms with Gasteiger partial charge in [-0.1, -0.05) is 17.3 Å². The number of hydrogen-bond acceptors (Lipinski definition) is 4. The van der Waals surface area contributed by atoms with Gasteiger partial charge in [0.15, 0.2) is 5.82 Å². The third-order valence-electron chi connectivity index (χ3n) is 4.07. The van der Waals surface area contributed by atoms with E-state index in [2.05, 4.69) is 15.5 Å². The molecule has 0 bridgehead atoms. The van der Waals surface area contributed by atoms with Gasteiger partial charge in [-0.05, 0) is 37.5 Å². The zero-order valence-electron chi connectivity index (χ0n) is 12.4. The molecule has 0 radical (unpaired) electrons. The highest BCUT2D eigenvalue weighted by molar-refractivity contribution is 5.76. The number of amides is 1. The van der Waals surface area contributed by atoms with Gasteiger partial charge in [0.2, 0.25) is 11.8 Å². The van der Waals surface area contributed by atoms with E-state index >= 15 is 0 Å². The molecule has 1 aliphatic carbocycles. The standard InChI is InChI=1S/C16H18FN3O2/c1-11-19-15(22-20-11)7-6-14(21)18-10-16(8-9-16)12-2-4-13(17)5-3-12/h2-5H,6-10H2,1H3,(H,18,21). The first-order valence-electron chi connectivity index (χ1n) is 7.39. The SMILES string of the molecule is Cc1noc(CCC(=O)NCC2(c3ccc(F)cc3)CC2)n1. The van der Waals surface area contributed by atoms with Crippen LogP contribution in [0.25, 0.3) is 0 Å². The Morgan fingerprint density at radius 1 is 1.36 bits per heavy atom. The van der Waals surface area contributed by atoms with Crippen molar-refractivity contribution in [2.75, 3.05) is 6.54 Å². The van der Waals surface area contributed by atoms with Gasteiger partial charge in [0.1, 0.15) is 5.82 Å². The summed E-state index contributed by atoms with van der Waals surface area (Å²) in [5, 5.41) is 6.64. The fraction of sp³-hybridized carbons (Fsp3) is 0.438. The molecule has 1 heterocycles. The number of nitrogens with zero attached hydrogens (tertiary/aromatic N) is 2. The summed E-state index contributed by atoms with van der Waals surface area (Å²) >= 11 is 0. The summed E-state index contributed by atoms with van der Waals surface area (Å²) in [4.78, 5) is 16.0. The summed E-state index contributed by atoms with van der Waals surface area (Å²) in [6.45, 7) is 2.33. The molecular formula is C16H18FN3O2. The first kappa shape index (κ1) is 14.7. The molecule has 1 fully saturated rings. The van der Waals surface area contributed by atoms with Gasteiger partial charge < -0.3 is 9.84 Å². The van der Waals surface area contributed by atoms with Gasteiger partial charge in [0.05, 0.1) is 0 Å². The van der Waals surface area contributed by atoms with E-state index in [1.165, 1.54) is 12.1 Å². The summed E-state index contributed by atoms with van der Waals surface area (Å²) in [7, 11) is 0. The molecule has 22 heavy (non-hydrogen) atoms. The Balaban J connectivity index is 1.49. The van der Waals surface area contributed by atoms with Crippen LogP contribution in [0.15, 0.2) is 28.8 Å². The normalized spacial score (nSPS) is 15.5. The lowest BCUT2D eigenvalue weighted by molar-refractivity contribution is -0.121. The lowest BCUT2D eigenvalue weighted by atomic mass is 9.96. The number of carbonyl (C=O) groups excluding carboxylic acids is 1. The summed E-state index contributed by atoms with van der Waals surface area (Å²) in [6.07, 6.45) is 2.79. The Kier molecular flexibility index (Phi) is 3.92. The molecule has 6 heteroatoms. The van der Waals surface area contributed by atoms with Crippen molar-refractivity contribution in [2.24, 2.45) is 0 Å². The van der Waals surface area contributed by atoms with Crippen molar-refractivity contribution < 1.29 is 13.7 Å². The van der Waals surface area contributed by atoms with E-state index in [0.717, 1.165) is 18.4 Å². The molecule has 1 N–H and O–H groups in total. The Hall–Kier alpha value is -2.24. The molecule has 0 atom stereocenters. The second kappa shape index (κ2) is 5.87. The van der Waals surface area contributed by atoms with Gasteiger partial charge in [-0.3, -0.25) is 4.79 Å². The fourth-order valence-corrected chi connectivity index (χ4v) is 2.54. The van der Waals surface area contributed by atoms with Crippen molar-refractivity contribution in [3.05, 3.63) is 47.4 Å². The monoisotopic (exact) mass is 303 g/mol. The number of carbonyl (C=O) groups is 1. The van der Waals surface area contributed by atoms with Gasteiger partial charge in [-0.15, -0.1) is 0 Å². The van der Waals surface area contributed by atoms with Gasteiger partial charge >= 0.3 is 0 Å². The quantitative estimate of drug-likeness (QED) is 0.889. The third kappa shape index (κ3) is 3.32. The van der Waals surface area contributed by atoms with E-state index in [0.29, 0.717) is 31.1 Å². The highest BCUT2D eigenvalue weighted by atomic mass is 19.1. The van der Waals surface area contributed by atoms with Crippen molar-refractivity contribution in [1.82, 2.24) is 15.5 Å². The zero-order valence-corrected chi connectivity index (χ0v) is 12.4. The fourth-order valence-electron chi connectivity index (χ4n) is 2.54. The van der Waals surface area contributed by atoms with E-state index in [4.69, 9.17) is 4.52 Å². The molecule has 1 aromatic heterocycles. The summed E-state index contributed by atoms with van der Waals surface area (Å²) < 4.78 is 18.0. The topological polar surface area (TPSA) is 68.0 Å². The molecule has 0 spiro atoms. The number of aromatic nitrogens is 2. The smallest absolute Gasteiger partial charge is 0.227 e. The molecule has 2 aromatic rings. The Morgan fingerprint density at radius 3 is 2.68 bits per heavy atom. The van der Waals surface area contributed by atoms with Gasteiger partial charge in [-0.2, -0.15) is 4.98 Å². The van der Waals surface area contributed by atoms with E-state index in [1.807, 2.05) is 0 Å². The van der Waals surface area contributed by atoms with E-state index in [9.17, 15) is 9.18 Å². The maximum absolute atomic E-state index is 13.0. The molecule has 1 saturated carbocycles. The molecule has 0 unspecified atom stereocenters. The van der Waals surface area contributed by atoms with Gasteiger partial charge in [0.25, 0.3) is 0 Å². The molecule has 1 aliphatic rings. The highest BCUT2D eigenvalue weighted by Crippen LogP contribution is 2.47. The minimum Gasteiger partial charge on any atom is -0.355 e. The maximum atomic E-state index is 13.0. The number of hydrogen-bond donors (Lipinski definition) is 1. The molecule has 0 saturated heterocycles. The lowest BCUT2D eigenvalue weighted by Crippen LogP contribution is -2.32. The third-order valence-corrected chi connectivity index (χ3v) is 4.07. The minimum atomic E-state index is -0.238. The van der Waals surface area contributed by atoms with Gasteiger partial charge in [-0.25, -0.2) is 4.39 Å². The number of aryl methyl sites for hydroxylation is 2. The first-order chi connectivity index (χ1) is 10.6. The minimum absolute atomic E-state index is 0.0234. The van der Waals surface area contributed by atoms with Crippen LogP contribution >= 0.6 is 0 Å². The molecule has 1 aromatic carbocycles. The van der Waals surface area contributed by atoms with Crippen molar-refractivity contribution >= 4 is 5.91 Å². The molecule has 3 rings (SSSR count). The van der Waals surface area contributed by atoms with Crippen molar-refractivity contribution in [1.29, 1.82) is 0 Å². The number of nitrogens with one attached hydrogen (secondary N) is 1. The first-order valence-corrected chi connectivity index (χ1v) is 7.39. The maximum Gasteiger partial charge on any atom is 0.227 e. The predicted octanol–water partition coefficient (Wildman–Crippen LogP) is 2.30. The van der Waals surface area contributed by atoms with Crippen LogP contribution < -0.4 is 5.32 Å². The van der Waals surface area contributed by atoms with Gasteiger partial charge in [0, 0.05) is 24.8 Å². The Bertz CT molecular complexity index is 662. The van der Waals surface area contributed by atoms with Crippen molar-refractivity contribution in [3.63, 3.8) is 0 Å². The molecule has 116 valence electrons. The average molecular weight is 303 g/mol. The Labute approximate surface area is 127 Å². The zero-order chi connectivity index (χ0) is 15.6. The number of benzene rings is 1. The van der Waals surface area contributed by atoms with Crippen LogP contribution in [0.2, 0.25) is 0 Å². The second-order valence-corrected chi connectivity index (χ2v) is 5.80. The molecular weight excluding hydrogens is 285 g/mol. The second-order valence-electron chi connectivity index (χ2n) is 5.80. The molecule has 0 aliphatic heterocycles. The van der Waals surface area contributed by atoms with Crippen molar-refractivity contribution in [2.45, 2.75) is 38.0 Å². The summed E-state index contributed by atoms with van der Waals surface area (Å²) in [5.74, 6) is 0.777. The molecule has 1 amide bonds. The van der Waals surface area contributed by atoms with Crippen LogP contribution in [0.5, 0.6) is 0 Å². The Morgan fingerprint density at radius 2 is 2.09 bits per heavy atom. The predicted molar refractivity (Wildman–Crippen MR) is 77.7 cm³/mol. The molecule has 5 nitrogen and oxygen atoms in total. The van der Waals surface area contributed by atoms with Crippen LogP contribution in [0, 0.1) is 12.7 Å². The lowest BCUT2D eigenvalue weighted by Gasteiger charge is -2.16. The van der Waals surface area contributed by atoms with Crippen LogP contribution in [0.1, 0.15) is 36.5 Å². The van der Waals surface area contributed by atoms with E-state index in [-0.39, 0.29) is 17.1 Å². The van der Waals surface area contributed by atoms with Crippen molar-refractivity contribution in [3.8, 4) is 0 Å². The number of rotatable bonds is 6. The van der Waals surface area contributed by atoms with E-state index in [1.54, 1.807) is 19.1 Å². The van der Waals surface area contributed by atoms with Crippen LogP contribution in [-0.2, 0) is 16.6 Å². The summed E-state index contributed by atoms with van der Waals surface area (Å²) in [6, 6.07) is 6.54. The highest BCUT2D eigenvalue weighted by Gasteiger charge is 2.44. The average Bonchev–Trinajstić information content (AvgIpc) is 3.19. The van der Waals surface area contributed by atoms with Crippen LogP contribution in [0.4, 0.5) is 4.39 Å². The van der Waals surface area contributed by atoms with E-state index < -0.39 is 0 Å². The van der Waals surface area contributed by atoms with Crippen LogP contribution in [-0.4, -0.2) is 22.6 Å². The number of halogens is 1. The summed E-state index contributed by atoms with van der Waals surface area (Å²) in [5.41, 5.74) is 1.06. The van der Waals surface area contributed by atoms with Crippen LogP contribution in [0.3, 0.4) is 0 Å². The largest absolute Gasteiger partial charge is 0.355 e.